The molecule has 3 aromatic rings. The van der Waals surface area contributed by atoms with Crippen molar-refractivity contribution < 1.29 is 14.3 Å². The van der Waals surface area contributed by atoms with Crippen LogP contribution in [0.3, 0.4) is 0 Å². The van der Waals surface area contributed by atoms with Crippen LogP contribution in [0.25, 0.3) is 0 Å². The van der Waals surface area contributed by atoms with Crippen LogP contribution >= 0.6 is 0 Å². The number of hydrogen-bond donors (Lipinski definition) is 2. The van der Waals surface area contributed by atoms with E-state index in [0.29, 0.717) is 19.6 Å². The van der Waals surface area contributed by atoms with Crippen LogP contribution in [-0.4, -0.2) is 49.1 Å². The van der Waals surface area contributed by atoms with Gasteiger partial charge in [0.05, 0.1) is 0 Å². The summed E-state index contributed by atoms with van der Waals surface area (Å²) in [4.78, 5) is 29.0. The molecule has 2 N–H and O–H groups in total. The number of rotatable bonds is 11. The zero-order valence-corrected chi connectivity index (χ0v) is 24.5. The summed E-state index contributed by atoms with van der Waals surface area (Å²) in [5, 5.41) is 6.05. The molecule has 1 aromatic heterocycles. The number of benzene rings is 2. The van der Waals surface area contributed by atoms with Crippen molar-refractivity contribution in [1.82, 2.24) is 15.6 Å². The van der Waals surface area contributed by atoms with Gasteiger partial charge in [-0.05, 0) is 36.2 Å². The average molecular weight is 661 g/mol. The van der Waals surface area contributed by atoms with E-state index in [9.17, 15) is 9.59 Å². The molecule has 7 heteroatoms. The van der Waals surface area contributed by atoms with Crippen LogP contribution in [0.5, 0.6) is 5.75 Å². The Labute approximate surface area is 222 Å². The van der Waals surface area contributed by atoms with Crippen LogP contribution in [0.1, 0.15) is 59.7 Å². The number of carbonyl (C=O) groups is 2. The van der Waals surface area contributed by atoms with E-state index in [2.05, 4.69) is 46.8 Å². The third-order valence-corrected chi connectivity index (χ3v) is 8.03. The number of nitrogens with zero attached hydrogens (tertiary/aromatic N) is 1. The average Bonchev–Trinajstić information content (AvgIpc) is 3.27. The molecule has 1 aliphatic rings. The Bertz CT molecular complexity index is 1170. The zero-order valence-electron chi connectivity index (χ0n) is 20.0. The minimum atomic E-state index is -0.402. The molecule has 1 atom stereocenters. The van der Waals surface area contributed by atoms with E-state index < -0.39 is 5.54 Å². The summed E-state index contributed by atoms with van der Waals surface area (Å²) < 4.78 is 7.27. The van der Waals surface area contributed by atoms with Crippen LogP contribution in [0.15, 0.2) is 67.0 Å². The van der Waals surface area contributed by atoms with Crippen molar-refractivity contribution >= 4 is 40.7 Å². The van der Waals surface area contributed by atoms with E-state index >= 15 is 0 Å². The standard InChI is InChI=1S/C28H30N3O3.Tl/c1-2-22-18-24(34-19-21-13-16-29-17-14-21)11-12-25(22)26(32)10-6-7-15-28(20-30-27(33)31-28)23-8-4-3-5-9-23;/h4-5,8-9,11-14,16-18H,2,6-7,10,15,19-20H2,1H3,(H2,30,31,33);. The molecule has 0 spiro atoms. The fourth-order valence-corrected chi connectivity index (χ4v) is 5.27. The number of ketones is 1. The fourth-order valence-electron chi connectivity index (χ4n) is 4.53. The first-order valence-corrected chi connectivity index (χ1v) is 14.3. The molecule has 4 rings (SSSR count). The van der Waals surface area contributed by atoms with Crippen molar-refractivity contribution in [2.45, 2.75) is 51.2 Å². The Morgan fingerprint density at radius 1 is 1.09 bits per heavy atom. The predicted octanol–water partition coefficient (Wildman–Crippen LogP) is 3.97. The number of unbranched alkanes of at least 4 members (excludes halogenated alkanes) is 1. The summed E-state index contributed by atoms with van der Waals surface area (Å²) in [5.74, 6) is 0.925. The van der Waals surface area contributed by atoms with Crippen LogP contribution < -0.4 is 18.5 Å². The predicted molar refractivity (Wildman–Crippen MR) is 137 cm³/mol. The molecule has 1 fully saturated rings. The van der Waals surface area contributed by atoms with E-state index in [4.69, 9.17) is 4.74 Å². The van der Waals surface area contributed by atoms with Gasteiger partial charge < -0.3 is 4.74 Å². The summed E-state index contributed by atoms with van der Waals surface area (Å²) in [6, 6.07) is 18.0. The van der Waals surface area contributed by atoms with Crippen molar-refractivity contribution in [3.05, 3.63) is 89.2 Å². The first-order chi connectivity index (χ1) is 17.0. The minimum absolute atomic E-state index is 0.128. The first kappa shape index (κ1) is 25.3. The number of aromatic nitrogens is 1. The molecule has 0 radical (unpaired) electrons. The number of urea groups is 1. The topological polar surface area (TPSA) is 80.3 Å². The second-order valence-corrected chi connectivity index (χ2v) is 11.6. The SMILES string of the molecule is CCc1cc(OCc2ccncc2)ccc1C(=O)CCCCC1(c2cc[c]([Tl])cc2)CNC(=O)N1. The second kappa shape index (κ2) is 11.8. The van der Waals surface area contributed by atoms with Gasteiger partial charge in [-0.2, -0.15) is 0 Å². The molecular formula is C28H30N3O3Tl. The normalized spacial score (nSPS) is 17.0. The van der Waals surface area contributed by atoms with Crippen LogP contribution in [0.4, 0.5) is 4.79 Å². The van der Waals surface area contributed by atoms with Gasteiger partial charge in [0.2, 0.25) is 0 Å². The zero-order chi connectivity index (χ0) is 24.7. The molecular weight excluding hydrogens is 631 g/mol. The second-order valence-electron chi connectivity index (χ2n) is 8.96. The van der Waals surface area contributed by atoms with Gasteiger partial charge in [-0.15, -0.1) is 0 Å². The number of carbonyl (C=O) groups excluding carboxylic acids is 2. The van der Waals surface area contributed by atoms with E-state index in [1.165, 1.54) is 3.12 Å². The van der Waals surface area contributed by atoms with Crippen LogP contribution in [-0.2, 0) is 18.6 Å². The summed E-state index contributed by atoms with van der Waals surface area (Å²) >= 11 is 0.794. The Morgan fingerprint density at radius 3 is 2.54 bits per heavy atom. The van der Waals surface area contributed by atoms with Crippen molar-refractivity contribution in [3.8, 4) is 5.75 Å². The summed E-state index contributed by atoms with van der Waals surface area (Å²) in [5.41, 5.74) is 3.56. The van der Waals surface area contributed by atoms with Crippen molar-refractivity contribution in [2.75, 3.05) is 6.54 Å². The summed E-state index contributed by atoms with van der Waals surface area (Å²) in [7, 11) is 0. The monoisotopic (exact) mass is 661 g/mol. The van der Waals surface area contributed by atoms with Gasteiger partial charge in [-0.25, -0.2) is 0 Å². The van der Waals surface area contributed by atoms with Crippen molar-refractivity contribution in [2.24, 2.45) is 0 Å². The molecule has 2 aromatic carbocycles. The van der Waals surface area contributed by atoms with Gasteiger partial charge in [-0.3, -0.25) is 4.98 Å². The fraction of sp³-hybridized carbons (Fsp3) is 0.321. The Hall–Kier alpha value is -2.75. The molecule has 2 amide bonds. The van der Waals surface area contributed by atoms with Gasteiger partial charge in [0, 0.05) is 12.4 Å². The number of nitrogens with one attached hydrogen (secondary N) is 2. The number of ether oxygens (including phenoxy) is 1. The third-order valence-electron chi connectivity index (χ3n) is 6.54. The molecule has 35 heavy (non-hydrogen) atoms. The molecule has 2 heterocycles. The molecule has 0 bridgehead atoms. The van der Waals surface area contributed by atoms with Crippen molar-refractivity contribution in [1.29, 1.82) is 0 Å². The quantitative estimate of drug-likeness (QED) is 0.186. The van der Waals surface area contributed by atoms with E-state index in [-0.39, 0.29) is 11.8 Å². The summed E-state index contributed by atoms with van der Waals surface area (Å²) in [6.07, 6.45) is 7.18. The molecule has 1 aliphatic heterocycles. The molecule has 1 saturated heterocycles. The Balaban J connectivity index is 1.33. The number of amides is 2. The van der Waals surface area contributed by atoms with Gasteiger partial charge in [0.15, 0.2) is 0 Å². The number of pyridine rings is 1. The van der Waals surface area contributed by atoms with Gasteiger partial charge >= 0.3 is 146 Å². The van der Waals surface area contributed by atoms with E-state index in [0.717, 1.165) is 79.5 Å². The maximum absolute atomic E-state index is 13.0. The van der Waals surface area contributed by atoms with E-state index in [1.54, 1.807) is 12.4 Å². The van der Waals surface area contributed by atoms with Gasteiger partial charge in [0.25, 0.3) is 0 Å². The third kappa shape index (κ3) is 6.48. The van der Waals surface area contributed by atoms with Gasteiger partial charge in [-0.1, -0.05) is 6.92 Å². The molecule has 1 unspecified atom stereocenters. The van der Waals surface area contributed by atoms with Crippen LogP contribution in [0.2, 0.25) is 0 Å². The first-order valence-electron chi connectivity index (χ1n) is 12.1. The number of Topliss-reactive ketones (excluding diaryl/α,β-unsaturated/α-hetero) is 1. The van der Waals surface area contributed by atoms with Crippen molar-refractivity contribution in [3.63, 3.8) is 0 Å². The Kier molecular flexibility index (Phi) is 8.54. The Morgan fingerprint density at radius 2 is 1.86 bits per heavy atom. The summed E-state index contributed by atoms with van der Waals surface area (Å²) in [6.45, 7) is 3.10. The molecule has 0 aliphatic carbocycles. The molecule has 0 saturated carbocycles. The number of hydrogen-bond acceptors (Lipinski definition) is 4. The molecule has 6 nitrogen and oxygen atoms in total. The van der Waals surface area contributed by atoms with Crippen LogP contribution in [0, 0.1) is 0 Å². The number of aryl methyl sites for hydroxylation is 1. The van der Waals surface area contributed by atoms with Gasteiger partial charge in [0.1, 0.15) is 12.4 Å². The van der Waals surface area contributed by atoms with E-state index in [1.807, 2.05) is 30.3 Å². The maximum atomic E-state index is 13.0. The molecule has 178 valence electrons.